The van der Waals surface area contributed by atoms with Gasteiger partial charge in [0.2, 0.25) is 0 Å². The van der Waals surface area contributed by atoms with Gasteiger partial charge in [-0.3, -0.25) is 4.90 Å². The van der Waals surface area contributed by atoms with E-state index in [2.05, 4.69) is 67.2 Å². The molecule has 0 saturated carbocycles. The molecule has 1 heteroatoms. The highest BCUT2D eigenvalue weighted by atomic mass is 15.3. The monoisotopic (exact) mass is 437 g/mol. The van der Waals surface area contributed by atoms with Crippen LogP contribution in [0.15, 0.2) is 0 Å². The summed E-state index contributed by atoms with van der Waals surface area (Å²) in [7, 11) is 0. The van der Waals surface area contributed by atoms with Crippen LogP contribution in [0.4, 0.5) is 0 Å². The molecule has 0 aromatic rings. The number of hydrogen-bond acceptors (Lipinski definition) is 1. The minimum absolute atomic E-state index is 0.256. The average Bonchev–Trinajstić information content (AvgIpc) is 2.66. The second-order valence-corrected chi connectivity index (χ2v) is 12.3. The first-order chi connectivity index (χ1) is 14.5. The van der Waals surface area contributed by atoms with Crippen molar-refractivity contribution < 1.29 is 0 Å². The summed E-state index contributed by atoms with van der Waals surface area (Å²) in [6, 6.07) is 0. The fourth-order valence-corrected chi connectivity index (χ4v) is 6.28. The van der Waals surface area contributed by atoms with Crippen LogP contribution < -0.4 is 0 Å². The summed E-state index contributed by atoms with van der Waals surface area (Å²) < 4.78 is 0. The van der Waals surface area contributed by atoms with E-state index >= 15 is 0 Å². The van der Waals surface area contributed by atoms with Crippen molar-refractivity contribution in [2.45, 2.75) is 195 Å². The summed E-state index contributed by atoms with van der Waals surface area (Å²) in [6.07, 6.45) is 24.8. The van der Waals surface area contributed by atoms with Gasteiger partial charge in [-0.1, -0.05) is 117 Å². The van der Waals surface area contributed by atoms with Crippen molar-refractivity contribution >= 4 is 0 Å². The molecule has 0 rings (SSSR count). The molecule has 0 saturated heterocycles. The zero-order chi connectivity index (χ0) is 23.8. The molecule has 0 spiro atoms. The van der Waals surface area contributed by atoms with Gasteiger partial charge in [-0.15, -0.1) is 0 Å². The van der Waals surface area contributed by atoms with Crippen LogP contribution in [-0.4, -0.2) is 21.5 Å². The Labute approximate surface area is 199 Å². The summed E-state index contributed by atoms with van der Waals surface area (Å²) in [5.74, 6) is 0. The molecule has 0 radical (unpaired) electrons. The van der Waals surface area contributed by atoms with Crippen LogP contribution in [0.2, 0.25) is 0 Å². The van der Waals surface area contributed by atoms with Crippen LogP contribution in [0.25, 0.3) is 0 Å². The lowest BCUT2D eigenvalue weighted by Crippen LogP contribution is -2.64. The minimum atomic E-state index is 0.256. The first kappa shape index (κ1) is 31.0. The smallest absolute Gasteiger partial charge is 0.0163 e. The predicted octanol–water partition coefficient (Wildman–Crippen LogP) is 10.7. The summed E-state index contributed by atoms with van der Waals surface area (Å²) in [6.45, 7) is 22.2. The van der Waals surface area contributed by atoms with Gasteiger partial charge in [-0.25, -0.2) is 0 Å². The molecular weight excluding hydrogens is 374 g/mol. The standard InChI is InChI=1S/C30H63N/c1-10-13-16-19-22-25-28(4,5)31(29(6,7)26-23-20-17-14-11-2)30(8,9)27-24-21-18-15-12-3/h10-27H2,1-9H3. The number of nitrogens with zero attached hydrogens (tertiary/aromatic N) is 1. The lowest BCUT2D eigenvalue weighted by Gasteiger charge is -2.57. The van der Waals surface area contributed by atoms with Crippen LogP contribution in [0.3, 0.4) is 0 Å². The highest BCUT2D eigenvalue weighted by Gasteiger charge is 2.45. The van der Waals surface area contributed by atoms with E-state index in [9.17, 15) is 0 Å². The first-order valence-corrected chi connectivity index (χ1v) is 14.4. The second kappa shape index (κ2) is 16.6. The Hall–Kier alpha value is -0.0400. The molecule has 188 valence electrons. The van der Waals surface area contributed by atoms with Crippen LogP contribution >= 0.6 is 0 Å². The van der Waals surface area contributed by atoms with E-state index in [0.717, 1.165) is 0 Å². The summed E-state index contributed by atoms with van der Waals surface area (Å²) in [5.41, 5.74) is 0.768. The summed E-state index contributed by atoms with van der Waals surface area (Å²) in [5, 5.41) is 0. The van der Waals surface area contributed by atoms with Gasteiger partial charge in [0, 0.05) is 16.6 Å². The topological polar surface area (TPSA) is 3.24 Å². The van der Waals surface area contributed by atoms with Crippen molar-refractivity contribution in [2.24, 2.45) is 0 Å². The van der Waals surface area contributed by atoms with E-state index < -0.39 is 0 Å². The van der Waals surface area contributed by atoms with E-state index in [1.54, 1.807) is 0 Å². The maximum atomic E-state index is 2.98. The molecule has 31 heavy (non-hydrogen) atoms. The molecule has 0 aromatic heterocycles. The molecule has 0 bridgehead atoms. The van der Waals surface area contributed by atoms with Gasteiger partial charge in [-0.05, 0) is 60.8 Å². The lowest BCUT2D eigenvalue weighted by molar-refractivity contribution is -0.0784. The summed E-state index contributed by atoms with van der Waals surface area (Å²) in [4.78, 5) is 2.98. The normalized spacial score (nSPS) is 13.4. The average molecular weight is 438 g/mol. The molecule has 0 heterocycles. The number of unbranched alkanes of at least 4 members (excludes halogenated alkanes) is 12. The minimum Gasteiger partial charge on any atom is -0.288 e. The molecular formula is C30H63N. The zero-order valence-corrected chi connectivity index (χ0v) is 23.7. The molecule has 1 nitrogen and oxygen atoms in total. The largest absolute Gasteiger partial charge is 0.288 e. The quantitative estimate of drug-likeness (QED) is 0.161. The Morgan fingerprint density at radius 2 is 0.581 bits per heavy atom. The van der Waals surface area contributed by atoms with Crippen LogP contribution in [0.1, 0.15) is 178 Å². The first-order valence-electron chi connectivity index (χ1n) is 14.4. The molecule has 0 unspecified atom stereocenters. The van der Waals surface area contributed by atoms with E-state index in [1.807, 2.05) is 0 Å². The predicted molar refractivity (Wildman–Crippen MR) is 144 cm³/mol. The molecule has 0 atom stereocenters. The molecule has 0 amide bonds. The Morgan fingerprint density at radius 1 is 0.355 bits per heavy atom. The van der Waals surface area contributed by atoms with Crippen LogP contribution in [-0.2, 0) is 0 Å². The number of rotatable bonds is 21. The molecule has 0 aromatic carbocycles. The van der Waals surface area contributed by atoms with Crippen molar-refractivity contribution in [3.8, 4) is 0 Å². The van der Waals surface area contributed by atoms with Crippen molar-refractivity contribution in [2.75, 3.05) is 0 Å². The highest BCUT2D eigenvalue weighted by Crippen LogP contribution is 2.41. The van der Waals surface area contributed by atoms with Crippen molar-refractivity contribution in [1.29, 1.82) is 0 Å². The maximum absolute atomic E-state index is 2.98. The Balaban J connectivity index is 5.23. The Bertz CT molecular complexity index is 345. The third-order valence-corrected chi connectivity index (χ3v) is 7.49. The second-order valence-electron chi connectivity index (χ2n) is 12.3. The summed E-state index contributed by atoms with van der Waals surface area (Å²) >= 11 is 0. The van der Waals surface area contributed by atoms with E-state index in [4.69, 9.17) is 0 Å². The van der Waals surface area contributed by atoms with Gasteiger partial charge >= 0.3 is 0 Å². The van der Waals surface area contributed by atoms with Gasteiger partial charge in [0.05, 0.1) is 0 Å². The molecule has 0 aliphatic heterocycles. The highest BCUT2D eigenvalue weighted by molar-refractivity contribution is 5.00. The van der Waals surface area contributed by atoms with Gasteiger partial charge in [0.15, 0.2) is 0 Å². The molecule has 0 fully saturated rings. The molecule has 0 aliphatic rings. The third kappa shape index (κ3) is 13.3. The van der Waals surface area contributed by atoms with E-state index in [0.29, 0.717) is 0 Å². The van der Waals surface area contributed by atoms with Crippen LogP contribution in [0.5, 0.6) is 0 Å². The SMILES string of the molecule is CCCCCCCC(C)(C)N(C(C)(C)CCCCCCC)C(C)(C)CCCCCCC. The van der Waals surface area contributed by atoms with Gasteiger partial charge in [-0.2, -0.15) is 0 Å². The van der Waals surface area contributed by atoms with Crippen molar-refractivity contribution in [3.63, 3.8) is 0 Å². The molecule has 0 aliphatic carbocycles. The Morgan fingerprint density at radius 3 is 0.806 bits per heavy atom. The van der Waals surface area contributed by atoms with Crippen LogP contribution in [0, 0.1) is 0 Å². The Kier molecular flexibility index (Phi) is 16.5. The fraction of sp³-hybridized carbons (Fsp3) is 1.00. The van der Waals surface area contributed by atoms with Gasteiger partial charge in [0.25, 0.3) is 0 Å². The van der Waals surface area contributed by atoms with E-state index in [1.165, 1.54) is 116 Å². The van der Waals surface area contributed by atoms with Crippen molar-refractivity contribution in [3.05, 3.63) is 0 Å². The molecule has 0 N–H and O–H groups in total. The van der Waals surface area contributed by atoms with Crippen molar-refractivity contribution in [1.82, 2.24) is 4.90 Å². The van der Waals surface area contributed by atoms with E-state index in [-0.39, 0.29) is 16.6 Å². The number of hydrogen-bond donors (Lipinski definition) is 0. The lowest BCUT2D eigenvalue weighted by atomic mass is 9.78. The maximum Gasteiger partial charge on any atom is 0.0163 e. The third-order valence-electron chi connectivity index (χ3n) is 7.49. The fourth-order valence-electron chi connectivity index (χ4n) is 6.28. The van der Waals surface area contributed by atoms with Gasteiger partial charge < -0.3 is 0 Å². The zero-order valence-electron chi connectivity index (χ0n) is 23.7. The van der Waals surface area contributed by atoms with Gasteiger partial charge in [0.1, 0.15) is 0 Å².